The number of nitrogens with two attached hydrogens (primary N) is 1. The van der Waals surface area contributed by atoms with Crippen molar-refractivity contribution in [3.8, 4) is 22.4 Å². The maximum absolute atomic E-state index is 6.13. The highest BCUT2D eigenvalue weighted by atomic mass is 79.9. The minimum atomic E-state index is 0.477. The first kappa shape index (κ1) is 14.2. The number of aromatic nitrogens is 2. The largest absolute Gasteiger partial charge is 0.382 e. The van der Waals surface area contributed by atoms with Crippen molar-refractivity contribution in [2.24, 2.45) is 0 Å². The number of hydrogen-bond donors (Lipinski definition) is 2. The summed E-state index contributed by atoms with van der Waals surface area (Å²) in [4.78, 5) is 0. The lowest BCUT2D eigenvalue weighted by molar-refractivity contribution is 1.10. The van der Waals surface area contributed by atoms with Crippen LogP contribution in [-0.2, 0) is 0 Å². The van der Waals surface area contributed by atoms with Crippen molar-refractivity contribution in [2.45, 2.75) is 6.92 Å². The van der Waals surface area contributed by atoms with Crippen LogP contribution in [0.15, 0.2) is 46.9 Å². The Morgan fingerprint density at radius 1 is 1.10 bits per heavy atom. The van der Waals surface area contributed by atoms with Crippen LogP contribution in [-0.4, -0.2) is 10.2 Å². The molecule has 0 radical (unpaired) electrons. The first-order chi connectivity index (χ1) is 10.0. The number of nitrogen functional groups attached to an aromatic ring is 1. The van der Waals surface area contributed by atoms with E-state index in [2.05, 4.69) is 45.2 Å². The Morgan fingerprint density at radius 2 is 1.81 bits per heavy atom. The van der Waals surface area contributed by atoms with Crippen molar-refractivity contribution >= 4 is 33.3 Å². The van der Waals surface area contributed by atoms with Crippen LogP contribution >= 0.6 is 27.5 Å². The Balaban J connectivity index is 2.19. The predicted molar refractivity (Wildman–Crippen MR) is 91.3 cm³/mol. The highest BCUT2D eigenvalue weighted by Crippen LogP contribution is 2.36. The van der Waals surface area contributed by atoms with Crippen molar-refractivity contribution in [1.82, 2.24) is 10.2 Å². The predicted octanol–water partition coefficient (Wildman–Crippen LogP) is 5.05. The summed E-state index contributed by atoms with van der Waals surface area (Å²) in [7, 11) is 0. The molecule has 3 rings (SSSR count). The molecule has 1 heterocycles. The highest BCUT2D eigenvalue weighted by molar-refractivity contribution is 9.10. The van der Waals surface area contributed by atoms with Gasteiger partial charge in [0, 0.05) is 15.1 Å². The Hall–Kier alpha value is -1.78. The molecule has 0 spiro atoms. The summed E-state index contributed by atoms with van der Waals surface area (Å²) in [5.41, 5.74) is 11.0. The van der Waals surface area contributed by atoms with E-state index in [1.165, 1.54) is 5.56 Å². The third-order valence-corrected chi connectivity index (χ3v) is 3.96. The van der Waals surface area contributed by atoms with Gasteiger partial charge in [0.05, 0.1) is 11.3 Å². The van der Waals surface area contributed by atoms with Gasteiger partial charge in [-0.05, 0) is 30.7 Å². The fraction of sp³-hybridized carbons (Fsp3) is 0.0625. The van der Waals surface area contributed by atoms with Gasteiger partial charge in [0.15, 0.2) is 5.82 Å². The van der Waals surface area contributed by atoms with Gasteiger partial charge in [0.25, 0.3) is 0 Å². The second-order valence-corrected chi connectivity index (χ2v) is 6.24. The second kappa shape index (κ2) is 5.54. The van der Waals surface area contributed by atoms with Gasteiger partial charge in [-0.2, -0.15) is 5.10 Å². The molecule has 0 amide bonds. The molecule has 3 N–H and O–H groups in total. The van der Waals surface area contributed by atoms with E-state index in [4.69, 9.17) is 17.3 Å². The quantitative estimate of drug-likeness (QED) is 0.670. The highest BCUT2D eigenvalue weighted by Gasteiger charge is 2.15. The van der Waals surface area contributed by atoms with E-state index >= 15 is 0 Å². The number of anilines is 1. The summed E-state index contributed by atoms with van der Waals surface area (Å²) in [6.45, 7) is 2.05. The van der Waals surface area contributed by atoms with Gasteiger partial charge in [-0.15, -0.1) is 0 Å². The maximum Gasteiger partial charge on any atom is 0.153 e. The molecule has 0 aliphatic carbocycles. The molecule has 0 fully saturated rings. The number of nitrogens with zero attached hydrogens (tertiary/aromatic N) is 1. The van der Waals surface area contributed by atoms with Gasteiger partial charge in [-0.3, -0.25) is 5.10 Å². The van der Waals surface area contributed by atoms with E-state index in [1.54, 1.807) is 0 Å². The lowest BCUT2D eigenvalue weighted by Crippen LogP contribution is -1.89. The molecule has 5 heteroatoms. The van der Waals surface area contributed by atoms with Gasteiger partial charge in [0.1, 0.15) is 0 Å². The van der Waals surface area contributed by atoms with Gasteiger partial charge < -0.3 is 5.73 Å². The van der Waals surface area contributed by atoms with Crippen LogP contribution in [0.4, 0.5) is 5.82 Å². The van der Waals surface area contributed by atoms with E-state index in [0.29, 0.717) is 10.8 Å². The van der Waals surface area contributed by atoms with Crippen LogP contribution in [0.5, 0.6) is 0 Å². The molecule has 0 aliphatic heterocycles. The number of H-pyrrole nitrogens is 1. The van der Waals surface area contributed by atoms with Crippen LogP contribution in [0.1, 0.15) is 5.56 Å². The molecule has 0 atom stereocenters. The molecule has 106 valence electrons. The summed E-state index contributed by atoms with van der Waals surface area (Å²) in [5.74, 6) is 0.477. The molecule has 0 bridgehead atoms. The van der Waals surface area contributed by atoms with Crippen molar-refractivity contribution in [2.75, 3.05) is 5.73 Å². The van der Waals surface area contributed by atoms with Crippen LogP contribution in [0, 0.1) is 6.92 Å². The van der Waals surface area contributed by atoms with E-state index in [-0.39, 0.29) is 0 Å². The molecule has 0 saturated carbocycles. The van der Waals surface area contributed by atoms with Crippen molar-refractivity contribution < 1.29 is 0 Å². The molecule has 0 saturated heterocycles. The SMILES string of the molecule is Cc1ccc(-c2c(N)n[nH]c2-c2cc(Cl)cc(Br)c2)cc1. The molecule has 2 aromatic carbocycles. The van der Waals surface area contributed by atoms with Crippen LogP contribution in [0.3, 0.4) is 0 Å². The molecule has 0 aliphatic rings. The van der Waals surface area contributed by atoms with Crippen molar-refractivity contribution in [1.29, 1.82) is 0 Å². The van der Waals surface area contributed by atoms with E-state index in [1.807, 2.05) is 30.3 Å². The first-order valence-electron chi connectivity index (χ1n) is 6.42. The van der Waals surface area contributed by atoms with E-state index in [9.17, 15) is 0 Å². The number of hydrogen-bond acceptors (Lipinski definition) is 2. The zero-order valence-corrected chi connectivity index (χ0v) is 13.7. The monoisotopic (exact) mass is 361 g/mol. The molecule has 21 heavy (non-hydrogen) atoms. The smallest absolute Gasteiger partial charge is 0.153 e. The molecule has 3 nitrogen and oxygen atoms in total. The van der Waals surface area contributed by atoms with Crippen LogP contribution in [0.25, 0.3) is 22.4 Å². The summed E-state index contributed by atoms with van der Waals surface area (Å²) in [6.07, 6.45) is 0. The van der Waals surface area contributed by atoms with Gasteiger partial charge in [0.2, 0.25) is 0 Å². The van der Waals surface area contributed by atoms with E-state index in [0.717, 1.165) is 26.9 Å². The van der Waals surface area contributed by atoms with Crippen LogP contribution < -0.4 is 5.73 Å². The summed E-state index contributed by atoms with van der Waals surface area (Å²) < 4.78 is 0.910. The zero-order chi connectivity index (χ0) is 15.0. The molecule has 1 aromatic heterocycles. The molecular weight excluding hydrogens is 350 g/mol. The number of benzene rings is 2. The lowest BCUT2D eigenvalue weighted by atomic mass is 10.00. The minimum absolute atomic E-state index is 0.477. The van der Waals surface area contributed by atoms with E-state index < -0.39 is 0 Å². The zero-order valence-electron chi connectivity index (χ0n) is 11.3. The number of nitrogens with one attached hydrogen (secondary N) is 1. The Kier molecular flexibility index (Phi) is 3.74. The Bertz CT molecular complexity index is 774. The third-order valence-electron chi connectivity index (χ3n) is 3.29. The van der Waals surface area contributed by atoms with Crippen molar-refractivity contribution in [3.05, 3.63) is 57.5 Å². The number of rotatable bonds is 2. The fourth-order valence-corrected chi connectivity index (χ4v) is 3.14. The first-order valence-corrected chi connectivity index (χ1v) is 7.59. The lowest BCUT2D eigenvalue weighted by Gasteiger charge is -2.06. The standard InChI is InChI=1S/C16H13BrClN3/c1-9-2-4-10(5-3-9)14-15(20-21-16(14)19)11-6-12(17)8-13(18)7-11/h2-8H,1H3,(H3,19,20,21). The maximum atomic E-state index is 6.13. The fourth-order valence-electron chi connectivity index (χ4n) is 2.28. The topological polar surface area (TPSA) is 54.7 Å². The molecular formula is C16H13BrClN3. The Labute approximate surface area is 136 Å². The van der Waals surface area contributed by atoms with Gasteiger partial charge >= 0.3 is 0 Å². The summed E-state index contributed by atoms with van der Waals surface area (Å²) in [5, 5.41) is 7.80. The molecule has 0 unspecified atom stereocenters. The molecule has 3 aromatic rings. The number of aryl methyl sites for hydroxylation is 1. The number of aromatic amines is 1. The minimum Gasteiger partial charge on any atom is -0.382 e. The Morgan fingerprint density at radius 3 is 2.48 bits per heavy atom. The number of halogens is 2. The summed E-state index contributed by atoms with van der Waals surface area (Å²) >= 11 is 9.59. The summed E-state index contributed by atoms with van der Waals surface area (Å²) in [6, 6.07) is 13.9. The average Bonchev–Trinajstić information content (AvgIpc) is 2.80. The average molecular weight is 363 g/mol. The van der Waals surface area contributed by atoms with Crippen molar-refractivity contribution in [3.63, 3.8) is 0 Å². The van der Waals surface area contributed by atoms with Crippen LogP contribution in [0.2, 0.25) is 5.02 Å². The second-order valence-electron chi connectivity index (χ2n) is 4.88. The van der Waals surface area contributed by atoms with Gasteiger partial charge in [-0.25, -0.2) is 0 Å². The third kappa shape index (κ3) is 2.82. The normalized spacial score (nSPS) is 10.8. The van der Waals surface area contributed by atoms with Gasteiger partial charge in [-0.1, -0.05) is 57.4 Å².